The summed E-state index contributed by atoms with van der Waals surface area (Å²) in [7, 11) is 0. The largest absolute Gasteiger partial charge is 0.381 e. The Kier molecular flexibility index (Phi) is 9.24. The number of halogens is 2. The topological polar surface area (TPSA) is 50.6 Å². The first-order chi connectivity index (χ1) is 13.2. The van der Waals surface area contributed by atoms with E-state index >= 15 is 0 Å². The first-order valence-corrected chi connectivity index (χ1v) is 9.69. The Balaban J connectivity index is 0.00000280. The summed E-state index contributed by atoms with van der Waals surface area (Å²) < 4.78 is 21.1. The normalized spacial score (nSPS) is 16.3. The van der Waals surface area contributed by atoms with E-state index in [2.05, 4.69) is 34.5 Å². The highest BCUT2D eigenvalue weighted by Gasteiger charge is 2.34. The number of ether oxygens (including phenoxy) is 1. The third kappa shape index (κ3) is 6.20. The lowest BCUT2D eigenvalue weighted by Gasteiger charge is -2.36. The molecular weight excluding hydrogens is 470 g/mol. The molecule has 1 aromatic carbocycles. The van der Waals surface area contributed by atoms with Crippen molar-refractivity contribution in [2.75, 3.05) is 32.8 Å². The Morgan fingerprint density at radius 1 is 1.14 bits per heavy atom. The molecule has 0 bridgehead atoms. The van der Waals surface area contributed by atoms with Gasteiger partial charge in [-0.25, -0.2) is 4.39 Å². The van der Waals surface area contributed by atoms with Crippen LogP contribution in [0.5, 0.6) is 0 Å². The van der Waals surface area contributed by atoms with E-state index in [1.54, 1.807) is 0 Å². The Morgan fingerprint density at radius 3 is 2.46 bits per heavy atom. The van der Waals surface area contributed by atoms with Crippen molar-refractivity contribution < 1.29 is 9.13 Å². The molecule has 0 atom stereocenters. The van der Waals surface area contributed by atoms with Gasteiger partial charge in [-0.05, 0) is 49.6 Å². The summed E-state index contributed by atoms with van der Waals surface area (Å²) >= 11 is 0. The molecule has 0 aliphatic carbocycles. The molecule has 2 N–H and O–H groups in total. The number of aromatic nitrogens is 1. The minimum atomic E-state index is -0.204. The molecule has 2 heterocycles. The van der Waals surface area contributed by atoms with Crippen LogP contribution in [0.15, 0.2) is 53.8 Å². The predicted octanol–water partition coefficient (Wildman–Crippen LogP) is 3.55. The van der Waals surface area contributed by atoms with Crippen LogP contribution in [-0.2, 0) is 16.7 Å². The van der Waals surface area contributed by atoms with Crippen LogP contribution in [0.4, 0.5) is 4.39 Å². The molecule has 1 aliphatic heterocycles. The number of nitrogens with zero attached hydrogens (tertiary/aromatic N) is 2. The highest BCUT2D eigenvalue weighted by molar-refractivity contribution is 14.0. The predicted molar refractivity (Wildman–Crippen MR) is 122 cm³/mol. The molecule has 154 valence electrons. The van der Waals surface area contributed by atoms with Crippen LogP contribution in [0.25, 0.3) is 0 Å². The maximum Gasteiger partial charge on any atom is 0.191 e. The molecule has 5 nitrogen and oxygen atoms in total. The third-order valence-corrected chi connectivity index (χ3v) is 5.12. The van der Waals surface area contributed by atoms with E-state index in [-0.39, 0.29) is 35.2 Å². The molecule has 0 saturated carbocycles. The molecule has 28 heavy (non-hydrogen) atoms. The molecule has 1 aromatic heterocycles. The summed E-state index contributed by atoms with van der Waals surface area (Å²) in [6.45, 7) is 6.63. The Morgan fingerprint density at radius 2 is 1.82 bits per heavy atom. The number of nitrogens with one attached hydrogen (secondary N) is 2. The van der Waals surface area contributed by atoms with Gasteiger partial charge in [0.2, 0.25) is 0 Å². The lowest BCUT2D eigenvalue weighted by atomic mass is 9.74. The van der Waals surface area contributed by atoms with Gasteiger partial charge in [0.15, 0.2) is 5.96 Å². The van der Waals surface area contributed by atoms with Crippen molar-refractivity contribution in [2.24, 2.45) is 4.99 Å². The van der Waals surface area contributed by atoms with Crippen molar-refractivity contribution in [3.8, 4) is 0 Å². The molecule has 0 unspecified atom stereocenters. The van der Waals surface area contributed by atoms with Crippen LogP contribution in [0.1, 0.15) is 25.3 Å². The average Bonchev–Trinajstić information content (AvgIpc) is 3.21. The van der Waals surface area contributed by atoms with Gasteiger partial charge in [-0.1, -0.05) is 12.1 Å². The lowest BCUT2D eigenvalue weighted by molar-refractivity contribution is 0.0531. The second-order valence-corrected chi connectivity index (χ2v) is 6.94. The highest BCUT2D eigenvalue weighted by atomic mass is 127. The molecular formula is C21H30FIN4O. The highest BCUT2D eigenvalue weighted by Crippen LogP contribution is 2.35. The quantitative estimate of drug-likeness (QED) is 0.348. The Hall–Kier alpha value is -1.61. The van der Waals surface area contributed by atoms with E-state index in [1.807, 2.05) is 24.3 Å². The average molecular weight is 500 g/mol. The van der Waals surface area contributed by atoms with Gasteiger partial charge in [-0.2, -0.15) is 0 Å². The summed E-state index contributed by atoms with van der Waals surface area (Å²) in [5.41, 5.74) is 1.04. The lowest BCUT2D eigenvalue weighted by Crippen LogP contribution is -2.42. The van der Waals surface area contributed by atoms with Gasteiger partial charge >= 0.3 is 0 Å². The molecule has 1 aliphatic rings. The fraction of sp³-hybridized carbons (Fsp3) is 0.476. The fourth-order valence-electron chi connectivity index (χ4n) is 3.50. The zero-order valence-electron chi connectivity index (χ0n) is 16.4. The van der Waals surface area contributed by atoms with Crippen molar-refractivity contribution in [2.45, 2.75) is 31.7 Å². The van der Waals surface area contributed by atoms with Gasteiger partial charge in [0, 0.05) is 50.7 Å². The van der Waals surface area contributed by atoms with E-state index in [1.165, 1.54) is 12.1 Å². The van der Waals surface area contributed by atoms with Crippen LogP contribution < -0.4 is 10.6 Å². The minimum absolute atomic E-state index is 0. The maximum absolute atomic E-state index is 13.4. The van der Waals surface area contributed by atoms with Crippen LogP contribution in [-0.4, -0.2) is 43.4 Å². The van der Waals surface area contributed by atoms with E-state index in [9.17, 15) is 4.39 Å². The van der Waals surface area contributed by atoms with Gasteiger partial charge in [0.25, 0.3) is 0 Å². The molecule has 2 aromatic rings. The smallest absolute Gasteiger partial charge is 0.191 e. The van der Waals surface area contributed by atoms with E-state index < -0.39 is 0 Å². The number of rotatable bonds is 7. The molecule has 3 rings (SSSR count). The van der Waals surface area contributed by atoms with Crippen LogP contribution in [0.3, 0.4) is 0 Å². The Labute approximate surface area is 183 Å². The van der Waals surface area contributed by atoms with Gasteiger partial charge in [0.1, 0.15) is 5.82 Å². The van der Waals surface area contributed by atoms with Gasteiger partial charge in [-0.3, -0.25) is 4.99 Å². The van der Waals surface area contributed by atoms with Crippen molar-refractivity contribution in [1.29, 1.82) is 0 Å². The summed E-state index contributed by atoms with van der Waals surface area (Å²) in [5.74, 6) is 0.613. The standard InChI is InChI=1S/C21H29FN4O.HI/c1-2-23-20(24-11-14-26-12-3-4-13-26)25-17-21(9-15-27-16-10-21)18-5-7-19(22)8-6-18;/h3-8,12-13H,2,9-11,14-17H2,1H3,(H2,23,24,25);1H. The number of hydrogen-bond donors (Lipinski definition) is 2. The van der Waals surface area contributed by atoms with Crippen LogP contribution in [0.2, 0.25) is 0 Å². The van der Waals surface area contributed by atoms with E-state index in [0.29, 0.717) is 19.8 Å². The van der Waals surface area contributed by atoms with Crippen LogP contribution in [0, 0.1) is 5.82 Å². The van der Waals surface area contributed by atoms with E-state index in [0.717, 1.165) is 44.0 Å². The minimum Gasteiger partial charge on any atom is -0.381 e. The van der Waals surface area contributed by atoms with Crippen molar-refractivity contribution in [1.82, 2.24) is 15.2 Å². The maximum atomic E-state index is 13.4. The van der Waals surface area contributed by atoms with E-state index in [4.69, 9.17) is 9.73 Å². The number of aliphatic imine (C=N–C) groups is 1. The number of hydrogen-bond acceptors (Lipinski definition) is 2. The SMILES string of the molecule is CCNC(=NCC1(c2ccc(F)cc2)CCOCC1)NCCn1cccc1.I. The third-order valence-electron chi connectivity index (χ3n) is 5.12. The van der Waals surface area contributed by atoms with Gasteiger partial charge < -0.3 is 19.9 Å². The zero-order chi connectivity index (χ0) is 19.0. The summed E-state index contributed by atoms with van der Waals surface area (Å²) in [5, 5.41) is 6.72. The first-order valence-electron chi connectivity index (χ1n) is 9.69. The number of guanidine groups is 1. The first kappa shape index (κ1) is 22.7. The van der Waals surface area contributed by atoms with Gasteiger partial charge in [-0.15, -0.1) is 24.0 Å². The second kappa shape index (κ2) is 11.4. The summed E-state index contributed by atoms with van der Waals surface area (Å²) in [6, 6.07) is 10.9. The molecule has 0 amide bonds. The number of benzene rings is 1. The molecule has 0 spiro atoms. The van der Waals surface area contributed by atoms with Crippen molar-refractivity contribution in [3.63, 3.8) is 0 Å². The monoisotopic (exact) mass is 500 g/mol. The molecule has 1 fully saturated rings. The molecule has 0 radical (unpaired) electrons. The summed E-state index contributed by atoms with van der Waals surface area (Å²) in [4.78, 5) is 4.86. The molecule has 7 heteroatoms. The fourth-order valence-corrected chi connectivity index (χ4v) is 3.50. The van der Waals surface area contributed by atoms with Crippen molar-refractivity contribution >= 4 is 29.9 Å². The van der Waals surface area contributed by atoms with Crippen molar-refractivity contribution in [3.05, 3.63) is 60.2 Å². The Bertz CT molecular complexity index is 713. The second-order valence-electron chi connectivity index (χ2n) is 6.94. The zero-order valence-corrected chi connectivity index (χ0v) is 18.7. The molecule has 1 saturated heterocycles. The van der Waals surface area contributed by atoms with Crippen LogP contribution >= 0.6 is 24.0 Å². The van der Waals surface area contributed by atoms with Gasteiger partial charge in [0.05, 0.1) is 6.54 Å². The summed E-state index contributed by atoms with van der Waals surface area (Å²) in [6.07, 6.45) is 5.89.